The Bertz CT molecular complexity index is 751. The second-order valence-corrected chi connectivity index (χ2v) is 6.55. The molecule has 0 radical (unpaired) electrons. The lowest BCUT2D eigenvalue weighted by Gasteiger charge is -2.03. The van der Waals surface area contributed by atoms with Crippen molar-refractivity contribution in [3.63, 3.8) is 0 Å². The van der Waals surface area contributed by atoms with Crippen molar-refractivity contribution in [3.05, 3.63) is 57.5 Å². The molecule has 3 rings (SSSR count). The van der Waals surface area contributed by atoms with Crippen molar-refractivity contribution < 1.29 is 4.79 Å². The maximum Gasteiger partial charge on any atom is 0.263 e. The van der Waals surface area contributed by atoms with Crippen LogP contribution in [0.2, 0.25) is 0 Å². The molecule has 0 unspecified atom stereocenters. The van der Waals surface area contributed by atoms with Gasteiger partial charge in [0.05, 0.1) is 5.69 Å². The Labute approximate surface area is 136 Å². The number of pyridine rings is 1. The van der Waals surface area contributed by atoms with Crippen LogP contribution in [0.5, 0.6) is 0 Å². The molecule has 1 amide bonds. The lowest BCUT2D eigenvalue weighted by atomic mass is 10.2. The molecule has 22 heavy (non-hydrogen) atoms. The summed E-state index contributed by atoms with van der Waals surface area (Å²) in [5.74, 6) is -0.0626. The van der Waals surface area contributed by atoms with E-state index in [1.165, 1.54) is 11.3 Å². The molecule has 0 bridgehead atoms. The van der Waals surface area contributed by atoms with Gasteiger partial charge in [-0.05, 0) is 30.5 Å². The summed E-state index contributed by atoms with van der Waals surface area (Å²) in [6.45, 7) is 2.45. The third kappa shape index (κ3) is 3.40. The Balaban J connectivity index is 1.63. The number of hydrogen-bond acceptors (Lipinski definition) is 5. The highest BCUT2D eigenvalue weighted by atomic mass is 32.1. The number of thiazole rings is 1. The minimum Gasteiger partial charge on any atom is -0.351 e. The average molecular weight is 329 g/mol. The minimum absolute atomic E-state index is 0.0626. The Kier molecular flexibility index (Phi) is 4.60. The van der Waals surface area contributed by atoms with E-state index in [4.69, 9.17) is 0 Å². The fourth-order valence-electron chi connectivity index (χ4n) is 2.05. The number of aryl methyl sites for hydroxylation is 1. The summed E-state index contributed by atoms with van der Waals surface area (Å²) < 4.78 is 0. The van der Waals surface area contributed by atoms with Crippen LogP contribution in [0.1, 0.15) is 21.1 Å². The molecule has 3 aromatic heterocycles. The molecule has 0 aliphatic carbocycles. The topological polar surface area (TPSA) is 54.9 Å². The van der Waals surface area contributed by atoms with Gasteiger partial charge < -0.3 is 5.32 Å². The van der Waals surface area contributed by atoms with Gasteiger partial charge in [-0.25, -0.2) is 4.98 Å². The molecule has 0 saturated carbocycles. The third-order valence-corrected chi connectivity index (χ3v) is 5.05. The van der Waals surface area contributed by atoms with Crippen LogP contribution in [0.4, 0.5) is 0 Å². The summed E-state index contributed by atoms with van der Waals surface area (Å²) in [5, 5.41) is 7.89. The SMILES string of the molecule is Cc1nc(-c2ccsc2)sc1C(=O)NCCc1ccccn1. The van der Waals surface area contributed by atoms with E-state index < -0.39 is 0 Å². The zero-order valence-electron chi connectivity index (χ0n) is 12.1. The van der Waals surface area contributed by atoms with Gasteiger partial charge in [0, 0.05) is 35.8 Å². The maximum absolute atomic E-state index is 12.3. The summed E-state index contributed by atoms with van der Waals surface area (Å²) in [6.07, 6.45) is 2.49. The first-order valence-corrected chi connectivity index (χ1v) is 8.68. The van der Waals surface area contributed by atoms with E-state index in [1.54, 1.807) is 17.5 Å². The zero-order valence-corrected chi connectivity index (χ0v) is 13.7. The van der Waals surface area contributed by atoms with Crippen molar-refractivity contribution in [2.75, 3.05) is 6.54 Å². The molecular weight excluding hydrogens is 314 g/mol. The zero-order chi connectivity index (χ0) is 15.4. The highest BCUT2D eigenvalue weighted by molar-refractivity contribution is 7.17. The van der Waals surface area contributed by atoms with Crippen LogP contribution in [-0.4, -0.2) is 22.4 Å². The highest BCUT2D eigenvalue weighted by Gasteiger charge is 2.16. The molecule has 0 aliphatic rings. The summed E-state index contributed by atoms with van der Waals surface area (Å²) in [4.78, 5) is 21.7. The number of carbonyl (C=O) groups excluding carboxylic acids is 1. The standard InChI is InChI=1S/C16H15N3OS2/c1-11-14(22-16(19-11)12-6-9-21-10-12)15(20)18-8-5-13-4-2-3-7-17-13/h2-4,6-7,9-10H,5,8H2,1H3,(H,18,20). The number of thiophene rings is 1. The summed E-state index contributed by atoms with van der Waals surface area (Å²) in [6, 6.07) is 7.81. The molecule has 3 heterocycles. The van der Waals surface area contributed by atoms with Crippen LogP contribution < -0.4 is 5.32 Å². The number of amides is 1. The number of nitrogens with one attached hydrogen (secondary N) is 1. The number of hydrogen-bond donors (Lipinski definition) is 1. The molecule has 0 fully saturated rings. The molecule has 0 atom stereocenters. The third-order valence-electron chi connectivity index (χ3n) is 3.16. The molecule has 6 heteroatoms. The number of carbonyl (C=O) groups is 1. The molecule has 3 aromatic rings. The van der Waals surface area contributed by atoms with Gasteiger partial charge in [0.15, 0.2) is 0 Å². The van der Waals surface area contributed by atoms with Crippen molar-refractivity contribution >= 4 is 28.6 Å². The molecule has 0 saturated heterocycles. The van der Waals surface area contributed by atoms with Crippen LogP contribution in [-0.2, 0) is 6.42 Å². The number of aromatic nitrogens is 2. The smallest absolute Gasteiger partial charge is 0.263 e. The van der Waals surface area contributed by atoms with Gasteiger partial charge in [-0.3, -0.25) is 9.78 Å². The first-order valence-electron chi connectivity index (χ1n) is 6.92. The van der Waals surface area contributed by atoms with E-state index in [1.807, 2.05) is 41.9 Å². The molecular formula is C16H15N3OS2. The Hall–Kier alpha value is -2.05. The van der Waals surface area contributed by atoms with Crippen LogP contribution in [0.15, 0.2) is 41.2 Å². The first-order chi connectivity index (χ1) is 10.7. The molecule has 1 N–H and O–H groups in total. The van der Waals surface area contributed by atoms with Crippen LogP contribution in [0.3, 0.4) is 0 Å². The summed E-state index contributed by atoms with van der Waals surface area (Å²) >= 11 is 3.07. The lowest BCUT2D eigenvalue weighted by molar-refractivity contribution is 0.0957. The average Bonchev–Trinajstić information content (AvgIpc) is 3.17. The van der Waals surface area contributed by atoms with Crippen LogP contribution in [0.25, 0.3) is 10.6 Å². The minimum atomic E-state index is -0.0626. The highest BCUT2D eigenvalue weighted by Crippen LogP contribution is 2.29. The van der Waals surface area contributed by atoms with E-state index in [0.29, 0.717) is 11.4 Å². The fraction of sp³-hybridized carbons (Fsp3) is 0.188. The van der Waals surface area contributed by atoms with E-state index >= 15 is 0 Å². The molecule has 0 aromatic carbocycles. The van der Waals surface area contributed by atoms with E-state index in [-0.39, 0.29) is 5.91 Å². The van der Waals surface area contributed by atoms with Gasteiger partial charge in [-0.15, -0.1) is 11.3 Å². The van der Waals surface area contributed by atoms with Gasteiger partial charge in [-0.2, -0.15) is 11.3 Å². The van der Waals surface area contributed by atoms with Gasteiger partial charge in [0.25, 0.3) is 5.91 Å². The fourth-order valence-corrected chi connectivity index (χ4v) is 3.74. The van der Waals surface area contributed by atoms with Crippen molar-refractivity contribution in [1.82, 2.24) is 15.3 Å². The monoisotopic (exact) mass is 329 g/mol. The van der Waals surface area contributed by atoms with Gasteiger partial charge >= 0.3 is 0 Å². The van der Waals surface area contributed by atoms with Gasteiger partial charge in [0.2, 0.25) is 0 Å². The number of rotatable bonds is 5. The molecule has 112 valence electrons. The summed E-state index contributed by atoms with van der Waals surface area (Å²) in [7, 11) is 0. The number of nitrogens with zero attached hydrogens (tertiary/aromatic N) is 2. The molecule has 0 spiro atoms. The van der Waals surface area contributed by atoms with E-state index in [9.17, 15) is 4.79 Å². The Morgan fingerprint density at radius 3 is 2.95 bits per heavy atom. The lowest BCUT2D eigenvalue weighted by Crippen LogP contribution is -2.25. The van der Waals surface area contributed by atoms with Crippen LogP contribution in [0, 0.1) is 6.92 Å². The predicted octanol–water partition coefficient (Wildman–Crippen LogP) is 3.55. The maximum atomic E-state index is 12.3. The van der Waals surface area contributed by atoms with Crippen molar-refractivity contribution in [2.45, 2.75) is 13.3 Å². The summed E-state index contributed by atoms with van der Waals surface area (Å²) in [5.41, 5.74) is 2.83. The quantitative estimate of drug-likeness (QED) is 0.779. The normalized spacial score (nSPS) is 10.6. The predicted molar refractivity (Wildman–Crippen MR) is 90.4 cm³/mol. The molecule has 4 nitrogen and oxygen atoms in total. The van der Waals surface area contributed by atoms with Gasteiger partial charge in [-0.1, -0.05) is 6.07 Å². The Morgan fingerprint density at radius 2 is 2.23 bits per heavy atom. The Morgan fingerprint density at radius 1 is 1.32 bits per heavy atom. The first kappa shape index (κ1) is 14.9. The molecule has 0 aliphatic heterocycles. The van der Waals surface area contributed by atoms with E-state index in [2.05, 4.69) is 15.3 Å². The second-order valence-electron chi connectivity index (χ2n) is 4.77. The second kappa shape index (κ2) is 6.81. The van der Waals surface area contributed by atoms with Gasteiger partial charge in [0.1, 0.15) is 9.88 Å². The van der Waals surface area contributed by atoms with Crippen LogP contribution >= 0.6 is 22.7 Å². The van der Waals surface area contributed by atoms with Crippen molar-refractivity contribution in [1.29, 1.82) is 0 Å². The van der Waals surface area contributed by atoms with E-state index in [0.717, 1.165) is 28.4 Å². The van der Waals surface area contributed by atoms with Crippen molar-refractivity contribution in [2.24, 2.45) is 0 Å². The largest absolute Gasteiger partial charge is 0.351 e. The van der Waals surface area contributed by atoms with Crippen molar-refractivity contribution in [3.8, 4) is 10.6 Å².